The van der Waals surface area contributed by atoms with E-state index in [4.69, 9.17) is 4.74 Å². The molecule has 1 aromatic heterocycles. The van der Waals surface area contributed by atoms with Crippen molar-refractivity contribution in [2.75, 3.05) is 12.4 Å². The van der Waals surface area contributed by atoms with Gasteiger partial charge >= 0.3 is 0 Å². The summed E-state index contributed by atoms with van der Waals surface area (Å²) >= 11 is 1.22. The highest BCUT2D eigenvalue weighted by molar-refractivity contribution is 8.00. The molecule has 1 heterocycles. The molecular weight excluding hydrogens is 398 g/mol. The molecule has 0 fully saturated rings. The first-order chi connectivity index (χ1) is 14.5. The topological polar surface area (TPSA) is 84.1 Å². The number of aromatic amines is 1. The number of aryl methyl sites for hydroxylation is 2. The molecule has 1 amide bonds. The first-order valence-corrected chi connectivity index (χ1v) is 10.7. The van der Waals surface area contributed by atoms with Gasteiger partial charge in [-0.05, 0) is 36.6 Å². The normalized spacial score (nSPS) is 11.7. The van der Waals surface area contributed by atoms with Crippen LogP contribution in [0, 0.1) is 6.92 Å². The zero-order valence-electron chi connectivity index (χ0n) is 17.3. The third kappa shape index (κ3) is 5.51. The van der Waals surface area contributed by atoms with E-state index in [0.717, 1.165) is 23.2 Å². The summed E-state index contributed by atoms with van der Waals surface area (Å²) in [6, 6.07) is 16.6. The molecule has 6 nitrogen and oxygen atoms in total. The van der Waals surface area contributed by atoms with Crippen LogP contribution in [0.25, 0.3) is 0 Å². The van der Waals surface area contributed by atoms with Crippen LogP contribution in [-0.2, 0) is 11.2 Å². The zero-order valence-corrected chi connectivity index (χ0v) is 18.1. The molecule has 0 aliphatic heterocycles. The Labute approximate surface area is 180 Å². The Morgan fingerprint density at radius 3 is 2.67 bits per heavy atom. The number of anilines is 1. The van der Waals surface area contributed by atoms with Crippen molar-refractivity contribution >= 4 is 23.4 Å². The number of hydrogen-bond donors (Lipinski definition) is 2. The lowest BCUT2D eigenvalue weighted by Crippen LogP contribution is -2.20. The summed E-state index contributed by atoms with van der Waals surface area (Å²) in [5.74, 6) is 0.362. The summed E-state index contributed by atoms with van der Waals surface area (Å²) in [6.45, 7) is 3.98. The lowest BCUT2D eigenvalue weighted by atomic mass is 10.1. The van der Waals surface area contributed by atoms with Gasteiger partial charge in [-0.15, -0.1) is 0 Å². The molecule has 0 radical (unpaired) electrons. The fourth-order valence-electron chi connectivity index (χ4n) is 3.05. The van der Waals surface area contributed by atoms with Crippen LogP contribution in [0.15, 0.2) is 64.5 Å². The van der Waals surface area contributed by atoms with Gasteiger partial charge in [-0.25, -0.2) is 4.98 Å². The van der Waals surface area contributed by atoms with Gasteiger partial charge in [0.05, 0.1) is 12.8 Å². The molecule has 0 saturated heterocycles. The average molecular weight is 424 g/mol. The number of ether oxygens (including phenoxy) is 1. The van der Waals surface area contributed by atoms with Crippen LogP contribution in [0.4, 0.5) is 5.69 Å². The van der Waals surface area contributed by atoms with Crippen molar-refractivity contribution in [3.8, 4) is 5.75 Å². The molecule has 30 heavy (non-hydrogen) atoms. The lowest BCUT2D eigenvalue weighted by Gasteiger charge is -2.18. The minimum absolute atomic E-state index is 0.219. The number of H-pyrrole nitrogens is 1. The van der Waals surface area contributed by atoms with Crippen LogP contribution in [0.2, 0.25) is 0 Å². The number of thioether (sulfide) groups is 1. The number of carbonyl (C=O) groups excluding carboxylic acids is 1. The number of nitrogens with zero attached hydrogens (tertiary/aromatic N) is 1. The van der Waals surface area contributed by atoms with Crippen molar-refractivity contribution in [2.24, 2.45) is 0 Å². The van der Waals surface area contributed by atoms with Gasteiger partial charge in [0, 0.05) is 11.8 Å². The number of rotatable bonds is 8. The largest absolute Gasteiger partial charge is 0.495 e. The van der Waals surface area contributed by atoms with Gasteiger partial charge in [0.25, 0.3) is 5.56 Å². The first-order valence-electron chi connectivity index (χ1n) is 9.77. The van der Waals surface area contributed by atoms with Gasteiger partial charge in [0.15, 0.2) is 5.16 Å². The van der Waals surface area contributed by atoms with Crippen molar-refractivity contribution in [1.82, 2.24) is 9.97 Å². The Bertz CT molecular complexity index is 1070. The summed E-state index contributed by atoms with van der Waals surface area (Å²) in [7, 11) is 1.57. The third-order valence-corrected chi connectivity index (χ3v) is 5.60. The summed E-state index contributed by atoms with van der Waals surface area (Å²) < 4.78 is 5.38. The van der Waals surface area contributed by atoms with Crippen molar-refractivity contribution < 1.29 is 9.53 Å². The number of aromatic nitrogens is 2. The van der Waals surface area contributed by atoms with Crippen LogP contribution < -0.4 is 15.6 Å². The number of nitrogens with one attached hydrogen (secondary N) is 2. The standard InChI is InChI=1S/C23H25N3O3S/c1-4-8-17-14-20(27)26-23(24-17)30-21(16-9-6-5-7-10-16)22(28)25-18-13-15(2)11-12-19(18)29-3/h5-7,9-14,21H,4,8H2,1-3H3,(H,25,28)(H,24,26,27). The van der Waals surface area contributed by atoms with E-state index < -0.39 is 5.25 Å². The monoisotopic (exact) mass is 423 g/mol. The molecule has 0 spiro atoms. The Morgan fingerprint density at radius 1 is 1.20 bits per heavy atom. The van der Waals surface area contributed by atoms with E-state index >= 15 is 0 Å². The van der Waals surface area contributed by atoms with Gasteiger partial charge in [-0.2, -0.15) is 0 Å². The molecule has 2 aromatic carbocycles. The molecular formula is C23H25N3O3S. The van der Waals surface area contributed by atoms with Crippen LogP contribution in [0.3, 0.4) is 0 Å². The summed E-state index contributed by atoms with van der Waals surface area (Å²) in [4.78, 5) is 32.6. The Morgan fingerprint density at radius 2 is 1.97 bits per heavy atom. The maximum atomic E-state index is 13.3. The molecule has 1 atom stereocenters. The van der Waals surface area contributed by atoms with E-state index in [0.29, 0.717) is 23.0 Å². The molecule has 0 saturated carbocycles. The fraction of sp³-hybridized carbons (Fsp3) is 0.261. The highest BCUT2D eigenvalue weighted by Gasteiger charge is 2.24. The minimum Gasteiger partial charge on any atom is -0.495 e. The second kappa shape index (κ2) is 10.1. The summed E-state index contributed by atoms with van der Waals surface area (Å²) in [5.41, 5.74) is 2.92. The van der Waals surface area contributed by atoms with Crippen LogP contribution in [0.5, 0.6) is 5.75 Å². The van der Waals surface area contributed by atoms with E-state index in [1.165, 1.54) is 17.8 Å². The molecule has 0 aliphatic rings. The van der Waals surface area contributed by atoms with E-state index in [9.17, 15) is 9.59 Å². The predicted molar refractivity (Wildman–Crippen MR) is 120 cm³/mol. The Balaban J connectivity index is 1.93. The van der Waals surface area contributed by atoms with Crippen molar-refractivity contribution in [1.29, 1.82) is 0 Å². The van der Waals surface area contributed by atoms with Crippen molar-refractivity contribution in [3.63, 3.8) is 0 Å². The maximum Gasteiger partial charge on any atom is 0.251 e. The van der Waals surface area contributed by atoms with Crippen LogP contribution >= 0.6 is 11.8 Å². The molecule has 156 valence electrons. The molecule has 0 bridgehead atoms. The molecule has 0 aliphatic carbocycles. The van der Waals surface area contributed by atoms with Gasteiger partial charge in [-0.3, -0.25) is 9.59 Å². The predicted octanol–water partition coefficient (Wildman–Crippen LogP) is 4.51. The molecule has 7 heteroatoms. The average Bonchev–Trinajstić information content (AvgIpc) is 2.72. The zero-order chi connectivity index (χ0) is 21.5. The number of carbonyl (C=O) groups is 1. The van der Waals surface area contributed by atoms with Crippen LogP contribution in [-0.4, -0.2) is 23.0 Å². The fourth-order valence-corrected chi connectivity index (χ4v) is 4.07. The number of hydrogen-bond acceptors (Lipinski definition) is 5. The van der Waals surface area contributed by atoms with E-state index in [1.807, 2.05) is 62.4 Å². The number of benzene rings is 2. The second-order valence-corrected chi connectivity index (χ2v) is 7.99. The van der Waals surface area contributed by atoms with Crippen molar-refractivity contribution in [2.45, 2.75) is 37.1 Å². The maximum absolute atomic E-state index is 13.3. The highest BCUT2D eigenvalue weighted by Crippen LogP contribution is 2.35. The Hall–Kier alpha value is -3.06. The van der Waals surface area contributed by atoms with E-state index in [-0.39, 0.29) is 11.5 Å². The second-order valence-electron chi connectivity index (χ2n) is 6.89. The molecule has 2 N–H and O–H groups in total. The SMILES string of the molecule is CCCc1cc(=O)[nH]c(SC(C(=O)Nc2cc(C)ccc2OC)c2ccccc2)n1. The smallest absolute Gasteiger partial charge is 0.251 e. The minimum atomic E-state index is -0.601. The highest BCUT2D eigenvalue weighted by atomic mass is 32.2. The molecule has 3 aromatic rings. The van der Waals surface area contributed by atoms with Gasteiger partial charge in [-0.1, -0.05) is 61.5 Å². The van der Waals surface area contributed by atoms with Gasteiger partial charge in [0.2, 0.25) is 5.91 Å². The van der Waals surface area contributed by atoms with Crippen molar-refractivity contribution in [3.05, 3.63) is 81.8 Å². The van der Waals surface area contributed by atoms with E-state index in [1.54, 1.807) is 7.11 Å². The van der Waals surface area contributed by atoms with Crippen LogP contribution in [0.1, 0.15) is 35.4 Å². The Kier molecular flexibility index (Phi) is 7.30. The number of amides is 1. The summed E-state index contributed by atoms with van der Waals surface area (Å²) in [6.07, 6.45) is 1.59. The number of methoxy groups -OCH3 is 1. The first kappa shape index (κ1) is 21.6. The molecule has 3 rings (SSSR count). The quantitative estimate of drug-likeness (QED) is 0.411. The molecule has 1 unspecified atom stereocenters. The van der Waals surface area contributed by atoms with E-state index in [2.05, 4.69) is 15.3 Å². The lowest BCUT2D eigenvalue weighted by molar-refractivity contribution is -0.115. The third-order valence-electron chi connectivity index (χ3n) is 4.46. The summed E-state index contributed by atoms with van der Waals surface area (Å²) in [5, 5.41) is 2.79. The van der Waals surface area contributed by atoms with Gasteiger partial charge in [0.1, 0.15) is 11.0 Å². The van der Waals surface area contributed by atoms with Gasteiger partial charge < -0.3 is 15.0 Å².